The number of aromatic nitrogens is 2. The molecule has 0 aliphatic carbocycles. The van der Waals surface area contributed by atoms with Crippen molar-refractivity contribution in [2.75, 3.05) is 4.72 Å². The molecule has 88 valence electrons. The van der Waals surface area contributed by atoms with Crippen molar-refractivity contribution in [2.45, 2.75) is 11.8 Å². The zero-order chi connectivity index (χ0) is 12.3. The third-order valence-corrected chi connectivity index (χ3v) is 3.44. The van der Waals surface area contributed by atoms with E-state index >= 15 is 0 Å². The van der Waals surface area contributed by atoms with Gasteiger partial charge in [0, 0.05) is 0 Å². The van der Waals surface area contributed by atoms with Gasteiger partial charge in [-0.1, -0.05) is 18.2 Å². The standard InChI is InChI=1S/C11H11N3O2S/c1-9-7-13-11(8-12-9)14-17(15,16)10-5-3-2-4-6-10/h2-8H,1H3,(H,13,14). The van der Waals surface area contributed by atoms with Crippen LogP contribution < -0.4 is 4.72 Å². The van der Waals surface area contributed by atoms with E-state index < -0.39 is 10.0 Å². The summed E-state index contributed by atoms with van der Waals surface area (Å²) >= 11 is 0. The highest BCUT2D eigenvalue weighted by Gasteiger charge is 2.13. The Hall–Kier alpha value is -1.95. The third-order valence-electron chi connectivity index (χ3n) is 2.07. The maximum absolute atomic E-state index is 11.9. The van der Waals surface area contributed by atoms with Crippen molar-refractivity contribution in [2.24, 2.45) is 0 Å². The Balaban J connectivity index is 2.27. The summed E-state index contributed by atoms with van der Waals surface area (Å²) in [5.74, 6) is 0.208. The summed E-state index contributed by atoms with van der Waals surface area (Å²) < 4.78 is 26.2. The lowest BCUT2D eigenvalue weighted by Crippen LogP contribution is -2.14. The largest absolute Gasteiger partial charge is 0.263 e. The van der Waals surface area contributed by atoms with Crippen LogP contribution in [0.5, 0.6) is 0 Å². The van der Waals surface area contributed by atoms with Crippen LogP contribution in [-0.2, 0) is 10.0 Å². The molecule has 5 nitrogen and oxygen atoms in total. The number of anilines is 1. The highest BCUT2D eigenvalue weighted by atomic mass is 32.2. The Morgan fingerprint density at radius 3 is 2.35 bits per heavy atom. The van der Waals surface area contributed by atoms with Crippen molar-refractivity contribution in [3.8, 4) is 0 Å². The van der Waals surface area contributed by atoms with Crippen LogP contribution in [0.3, 0.4) is 0 Å². The first-order valence-electron chi connectivity index (χ1n) is 4.94. The van der Waals surface area contributed by atoms with Gasteiger partial charge in [0.1, 0.15) is 0 Å². The lowest BCUT2D eigenvalue weighted by Gasteiger charge is -2.06. The average molecular weight is 249 g/mol. The van der Waals surface area contributed by atoms with Gasteiger partial charge in [-0.25, -0.2) is 13.4 Å². The highest BCUT2D eigenvalue weighted by molar-refractivity contribution is 7.92. The molecule has 0 aliphatic rings. The van der Waals surface area contributed by atoms with E-state index in [-0.39, 0.29) is 10.7 Å². The summed E-state index contributed by atoms with van der Waals surface area (Å²) in [7, 11) is -3.58. The van der Waals surface area contributed by atoms with Crippen LogP contribution in [-0.4, -0.2) is 18.4 Å². The summed E-state index contributed by atoms with van der Waals surface area (Å²) in [5.41, 5.74) is 0.729. The molecule has 0 fully saturated rings. The molecule has 1 aromatic heterocycles. The van der Waals surface area contributed by atoms with E-state index in [0.29, 0.717) is 0 Å². The number of nitrogens with zero attached hydrogens (tertiary/aromatic N) is 2. The Bertz CT molecular complexity index is 594. The maximum Gasteiger partial charge on any atom is 0.263 e. The van der Waals surface area contributed by atoms with Gasteiger partial charge in [-0.3, -0.25) is 9.71 Å². The Kier molecular flexibility index (Phi) is 3.06. The fourth-order valence-corrected chi connectivity index (χ4v) is 2.26. The van der Waals surface area contributed by atoms with Crippen molar-refractivity contribution in [1.29, 1.82) is 0 Å². The third kappa shape index (κ3) is 2.79. The SMILES string of the molecule is Cc1cnc(NS(=O)(=O)c2ccccc2)cn1. The van der Waals surface area contributed by atoms with Gasteiger partial charge in [0.25, 0.3) is 10.0 Å². The zero-order valence-corrected chi connectivity index (χ0v) is 9.98. The van der Waals surface area contributed by atoms with Gasteiger partial charge in [-0.2, -0.15) is 0 Å². The van der Waals surface area contributed by atoms with Gasteiger partial charge in [-0.05, 0) is 19.1 Å². The number of rotatable bonds is 3. The molecule has 1 heterocycles. The van der Waals surface area contributed by atoms with E-state index in [4.69, 9.17) is 0 Å². The van der Waals surface area contributed by atoms with Crippen LogP contribution in [0.4, 0.5) is 5.82 Å². The van der Waals surface area contributed by atoms with Crippen molar-refractivity contribution in [1.82, 2.24) is 9.97 Å². The van der Waals surface area contributed by atoms with Crippen molar-refractivity contribution in [3.05, 3.63) is 48.4 Å². The number of sulfonamides is 1. The fourth-order valence-electron chi connectivity index (χ4n) is 1.24. The monoisotopic (exact) mass is 249 g/mol. The van der Waals surface area contributed by atoms with Gasteiger partial charge < -0.3 is 0 Å². The number of hydrogen-bond donors (Lipinski definition) is 1. The quantitative estimate of drug-likeness (QED) is 0.896. The summed E-state index contributed by atoms with van der Waals surface area (Å²) in [5, 5.41) is 0. The second-order valence-electron chi connectivity index (χ2n) is 3.46. The minimum Gasteiger partial charge on any atom is -0.262 e. The minimum atomic E-state index is -3.58. The summed E-state index contributed by atoms with van der Waals surface area (Å²) in [4.78, 5) is 8.10. The second-order valence-corrected chi connectivity index (χ2v) is 5.14. The number of benzene rings is 1. The van der Waals surface area contributed by atoms with Gasteiger partial charge in [0.15, 0.2) is 5.82 Å². The van der Waals surface area contributed by atoms with Crippen LogP contribution in [0, 0.1) is 6.92 Å². The van der Waals surface area contributed by atoms with E-state index in [9.17, 15) is 8.42 Å². The van der Waals surface area contributed by atoms with Gasteiger partial charge in [0.2, 0.25) is 0 Å². The van der Waals surface area contributed by atoms with Gasteiger partial charge in [-0.15, -0.1) is 0 Å². The zero-order valence-electron chi connectivity index (χ0n) is 9.16. The predicted molar refractivity (Wildman–Crippen MR) is 64.0 cm³/mol. The molecule has 1 N–H and O–H groups in total. The molecule has 0 saturated carbocycles. The fraction of sp³-hybridized carbons (Fsp3) is 0.0909. The topological polar surface area (TPSA) is 72.0 Å². The molecule has 0 amide bonds. The maximum atomic E-state index is 11.9. The van der Waals surface area contributed by atoms with E-state index in [1.54, 1.807) is 25.1 Å². The van der Waals surface area contributed by atoms with E-state index in [0.717, 1.165) is 5.69 Å². The predicted octanol–water partition coefficient (Wildman–Crippen LogP) is 1.59. The highest BCUT2D eigenvalue weighted by Crippen LogP contribution is 2.12. The lowest BCUT2D eigenvalue weighted by molar-refractivity contribution is 0.601. The molecule has 6 heteroatoms. The van der Waals surface area contributed by atoms with E-state index in [1.165, 1.54) is 24.5 Å². The Morgan fingerprint density at radius 2 is 1.76 bits per heavy atom. The molecule has 0 radical (unpaired) electrons. The first kappa shape index (κ1) is 11.5. The lowest BCUT2D eigenvalue weighted by atomic mass is 10.4. The van der Waals surface area contributed by atoms with Crippen LogP contribution in [0.1, 0.15) is 5.69 Å². The van der Waals surface area contributed by atoms with Crippen LogP contribution in [0.2, 0.25) is 0 Å². The normalized spacial score (nSPS) is 11.1. The first-order valence-corrected chi connectivity index (χ1v) is 6.43. The van der Waals surface area contributed by atoms with Crippen molar-refractivity contribution < 1.29 is 8.42 Å². The first-order chi connectivity index (χ1) is 8.08. The molecule has 2 aromatic rings. The molecular weight excluding hydrogens is 238 g/mol. The van der Waals surface area contributed by atoms with Crippen molar-refractivity contribution >= 4 is 15.8 Å². The molecule has 0 spiro atoms. The van der Waals surface area contributed by atoms with Crippen molar-refractivity contribution in [3.63, 3.8) is 0 Å². The molecule has 17 heavy (non-hydrogen) atoms. The molecular formula is C11H11N3O2S. The molecule has 2 rings (SSSR count). The smallest absolute Gasteiger partial charge is 0.262 e. The molecule has 1 aromatic carbocycles. The van der Waals surface area contributed by atoms with Crippen LogP contribution >= 0.6 is 0 Å². The Labute approximate surface area is 99.6 Å². The summed E-state index contributed by atoms with van der Waals surface area (Å²) in [6.07, 6.45) is 2.89. The van der Waals surface area contributed by atoms with Gasteiger partial charge >= 0.3 is 0 Å². The average Bonchev–Trinajstić information content (AvgIpc) is 2.33. The minimum absolute atomic E-state index is 0.197. The number of aryl methyl sites for hydroxylation is 1. The van der Waals surface area contributed by atoms with E-state index in [2.05, 4.69) is 14.7 Å². The number of hydrogen-bond acceptors (Lipinski definition) is 4. The molecule has 0 bridgehead atoms. The molecule has 0 atom stereocenters. The van der Waals surface area contributed by atoms with Crippen LogP contribution in [0.25, 0.3) is 0 Å². The van der Waals surface area contributed by atoms with E-state index in [1.807, 2.05) is 0 Å². The molecule has 0 saturated heterocycles. The summed E-state index contributed by atoms with van der Waals surface area (Å²) in [6, 6.07) is 8.11. The Morgan fingerprint density at radius 1 is 1.06 bits per heavy atom. The summed E-state index contributed by atoms with van der Waals surface area (Å²) in [6.45, 7) is 1.78. The van der Waals surface area contributed by atoms with Crippen LogP contribution in [0.15, 0.2) is 47.6 Å². The second kappa shape index (κ2) is 4.50. The molecule has 0 aliphatic heterocycles. The van der Waals surface area contributed by atoms with Gasteiger partial charge in [0.05, 0.1) is 23.0 Å². The number of nitrogens with one attached hydrogen (secondary N) is 1. The molecule has 0 unspecified atom stereocenters.